The third-order valence-corrected chi connectivity index (χ3v) is 10.8. The molecule has 0 saturated carbocycles. The van der Waals surface area contributed by atoms with E-state index in [2.05, 4.69) is 31.3 Å². The van der Waals surface area contributed by atoms with E-state index in [9.17, 15) is 40.5 Å². The Bertz CT molecular complexity index is 892. The van der Waals surface area contributed by atoms with Gasteiger partial charge in [0, 0.05) is 0 Å². The number of amides is 1. The summed E-state index contributed by atoms with van der Waals surface area (Å²) in [5, 5.41) is 75.4. The van der Waals surface area contributed by atoms with E-state index in [1.165, 1.54) is 109 Å². The van der Waals surface area contributed by atoms with Crippen molar-refractivity contribution in [3.05, 3.63) is 12.2 Å². The largest absolute Gasteiger partial charge is 0.394 e. The number of unbranched alkanes of at least 4 members (excludes halogenated alkanes) is 22. The Hall–Kier alpha value is -1.15. The second kappa shape index (κ2) is 33.9. The van der Waals surface area contributed by atoms with Crippen molar-refractivity contribution in [2.45, 2.75) is 242 Å². The number of nitrogens with one attached hydrogen (secondary N) is 1. The summed E-state index contributed by atoms with van der Waals surface area (Å²) in [7, 11) is 0. The highest BCUT2D eigenvalue weighted by molar-refractivity contribution is 5.80. The summed E-state index contributed by atoms with van der Waals surface area (Å²) in [6.45, 7) is 3.40. The second-order valence-electron chi connectivity index (χ2n) is 15.8. The summed E-state index contributed by atoms with van der Waals surface area (Å²) in [4.78, 5) is 13.0. The standard InChI is InChI=1S/C43H83NO10/c1-3-5-7-9-11-13-15-17-19-21-23-25-27-29-31-36(47)42(52)44-34(33-53-43-41(51)40(50)39(49)37(32-45)54-43)38(48)35(46)30-28-26-24-22-20-18-16-14-12-10-8-6-4-2/h22,24,34-41,43,45-51H,3-21,23,25-33H2,1-2H3,(H,44,52)/b24-22+. The smallest absolute Gasteiger partial charge is 0.249 e. The van der Waals surface area contributed by atoms with Crippen LogP contribution in [0.1, 0.15) is 187 Å². The van der Waals surface area contributed by atoms with Crippen molar-refractivity contribution in [1.29, 1.82) is 0 Å². The van der Waals surface area contributed by atoms with Crippen LogP contribution in [0.2, 0.25) is 0 Å². The molecule has 11 heteroatoms. The van der Waals surface area contributed by atoms with Gasteiger partial charge in [-0.3, -0.25) is 4.79 Å². The summed E-state index contributed by atoms with van der Waals surface area (Å²) in [5.41, 5.74) is 0. The van der Waals surface area contributed by atoms with E-state index in [-0.39, 0.29) is 12.8 Å². The third kappa shape index (κ3) is 23.8. The van der Waals surface area contributed by atoms with E-state index in [0.717, 1.165) is 38.5 Å². The second-order valence-corrected chi connectivity index (χ2v) is 15.8. The Balaban J connectivity index is 2.51. The van der Waals surface area contributed by atoms with Crippen LogP contribution in [0.3, 0.4) is 0 Å². The fourth-order valence-electron chi connectivity index (χ4n) is 7.09. The monoisotopic (exact) mass is 774 g/mol. The average Bonchev–Trinajstić information content (AvgIpc) is 3.17. The van der Waals surface area contributed by atoms with E-state index in [1.807, 2.05) is 0 Å². The Morgan fingerprint density at radius 2 is 1.09 bits per heavy atom. The van der Waals surface area contributed by atoms with E-state index in [0.29, 0.717) is 12.8 Å². The number of allylic oxidation sites excluding steroid dienone is 2. The van der Waals surface area contributed by atoms with E-state index in [4.69, 9.17) is 9.47 Å². The van der Waals surface area contributed by atoms with Gasteiger partial charge in [0.15, 0.2) is 6.29 Å². The van der Waals surface area contributed by atoms with Gasteiger partial charge in [-0.25, -0.2) is 0 Å². The maximum Gasteiger partial charge on any atom is 0.249 e. The lowest BCUT2D eigenvalue weighted by Crippen LogP contribution is -2.60. The molecule has 1 amide bonds. The lowest BCUT2D eigenvalue weighted by Gasteiger charge is -2.40. The molecule has 8 N–H and O–H groups in total. The number of carbonyl (C=O) groups is 1. The number of aliphatic hydroxyl groups excluding tert-OH is 7. The average molecular weight is 774 g/mol. The number of hydrogen-bond acceptors (Lipinski definition) is 10. The summed E-state index contributed by atoms with van der Waals surface area (Å²) in [6.07, 6.45) is 22.6. The zero-order valence-corrected chi connectivity index (χ0v) is 34.2. The normalized spacial score (nSPS) is 22.7. The molecule has 1 fully saturated rings. The van der Waals surface area contributed by atoms with Gasteiger partial charge in [0.1, 0.15) is 36.6 Å². The minimum Gasteiger partial charge on any atom is -0.394 e. The van der Waals surface area contributed by atoms with Crippen molar-refractivity contribution >= 4 is 5.91 Å². The van der Waals surface area contributed by atoms with Crippen molar-refractivity contribution in [3.8, 4) is 0 Å². The molecule has 0 aromatic heterocycles. The van der Waals surface area contributed by atoms with Gasteiger partial charge in [0.05, 0.1) is 25.4 Å². The van der Waals surface area contributed by atoms with Crippen LogP contribution in [0.15, 0.2) is 12.2 Å². The number of aliphatic hydroxyl groups is 7. The molecule has 0 aliphatic carbocycles. The fraction of sp³-hybridized carbons (Fsp3) is 0.930. The van der Waals surface area contributed by atoms with Crippen LogP contribution in [-0.2, 0) is 14.3 Å². The Kier molecular flexibility index (Phi) is 32.0. The van der Waals surface area contributed by atoms with E-state index < -0.39 is 74.2 Å². The van der Waals surface area contributed by atoms with Crippen molar-refractivity contribution in [1.82, 2.24) is 5.32 Å². The molecule has 11 nitrogen and oxygen atoms in total. The lowest BCUT2D eigenvalue weighted by molar-refractivity contribution is -0.303. The van der Waals surface area contributed by atoms with Gasteiger partial charge in [-0.05, 0) is 38.5 Å². The molecule has 0 spiro atoms. The van der Waals surface area contributed by atoms with Crippen LogP contribution in [0, 0.1) is 0 Å². The molecule has 1 rings (SSSR count). The summed E-state index contributed by atoms with van der Waals surface area (Å²) in [6, 6.07) is -1.18. The molecular weight excluding hydrogens is 690 g/mol. The van der Waals surface area contributed by atoms with Gasteiger partial charge in [-0.2, -0.15) is 0 Å². The molecule has 1 aliphatic heterocycles. The van der Waals surface area contributed by atoms with Gasteiger partial charge >= 0.3 is 0 Å². The van der Waals surface area contributed by atoms with E-state index >= 15 is 0 Å². The number of hydrogen-bond donors (Lipinski definition) is 8. The number of carbonyl (C=O) groups excluding carboxylic acids is 1. The van der Waals surface area contributed by atoms with E-state index in [1.54, 1.807) is 0 Å². The quantitative estimate of drug-likeness (QED) is 0.0258. The van der Waals surface area contributed by atoms with Crippen LogP contribution in [0.4, 0.5) is 0 Å². The molecule has 0 radical (unpaired) electrons. The zero-order valence-electron chi connectivity index (χ0n) is 34.2. The minimum atomic E-state index is -1.66. The molecule has 0 aromatic rings. The maximum absolute atomic E-state index is 13.0. The SMILES string of the molecule is CCCCCCCCCC/C=C/CCCC(O)C(O)C(COC1OC(CO)C(O)C(O)C1O)NC(=O)C(O)CCCCCCCCCCCCCCCC. The number of rotatable bonds is 36. The highest BCUT2D eigenvalue weighted by Crippen LogP contribution is 2.23. The molecule has 1 heterocycles. The fourth-order valence-corrected chi connectivity index (χ4v) is 7.09. The molecule has 1 aliphatic rings. The topological polar surface area (TPSA) is 189 Å². The van der Waals surface area contributed by atoms with Crippen molar-refractivity contribution in [2.75, 3.05) is 13.2 Å². The summed E-state index contributed by atoms with van der Waals surface area (Å²) < 4.78 is 11.1. The van der Waals surface area contributed by atoms with Crippen LogP contribution in [-0.4, -0.2) is 110 Å². The molecule has 1 saturated heterocycles. The zero-order chi connectivity index (χ0) is 39.8. The molecule has 0 bridgehead atoms. The molecule has 9 atom stereocenters. The predicted molar refractivity (Wildman–Crippen MR) is 215 cm³/mol. The van der Waals surface area contributed by atoms with Gasteiger partial charge in [-0.15, -0.1) is 0 Å². The number of ether oxygens (including phenoxy) is 2. The summed E-state index contributed by atoms with van der Waals surface area (Å²) in [5.74, 6) is -0.706. The molecule has 54 heavy (non-hydrogen) atoms. The predicted octanol–water partition coefficient (Wildman–Crippen LogP) is 6.50. The van der Waals surface area contributed by atoms with Crippen molar-refractivity contribution < 1.29 is 50.0 Å². The first-order valence-corrected chi connectivity index (χ1v) is 22.1. The lowest BCUT2D eigenvalue weighted by atomic mass is 9.98. The first kappa shape index (κ1) is 50.9. The molecule has 320 valence electrons. The summed E-state index contributed by atoms with van der Waals surface area (Å²) >= 11 is 0. The Morgan fingerprint density at radius 3 is 1.59 bits per heavy atom. The maximum atomic E-state index is 13.0. The van der Waals surface area contributed by atoms with Gasteiger partial charge in [-0.1, -0.05) is 161 Å². The van der Waals surface area contributed by atoms with Crippen molar-refractivity contribution in [3.63, 3.8) is 0 Å². The Labute approximate surface area is 328 Å². The van der Waals surface area contributed by atoms with Crippen LogP contribution in [0.5, 0.6) is 0 Å². The van der Waals surface area contributed by atoms with Crippen LogP contribution >= 0.6 is 0 Å². The Morgan fingerprint density at radius 1 is 0.630 bits per heavy atom. The van der Waals surface area contributed by atoms with Crippen LogP contribution < -0.4 is 5.32 Å². The third-order valence-electron chi connectivity index (χ3n) is 10.8. The van der Waals surface area contributed by atoms with Crippen molar-refractivity contribution in [2.24, 2.45) is 0 Å². The van der Waals surface area contributed by atoms with Gasteiger partial charge in [0.25, 0.3) is 0 Å². The molecular formula is C43H83NO10. The molecule has 9 unspecified atom stereocenters. The van der Waals surface area contributed by atoms with Gasteiger partial charge in [0.2, 0.25) is 5.91 Å². The van der Waals surface area contributed by atoms with Gasteiger partial charge < -0.3 is 50.5 Å². The highest BCUT2D eigenvalue weighted by Gasteiger charge is 2.44. The van der Waals surface area contributed by atoms with Crippen LogP contribution in [0.25, 0.3) is 0 Å². The first-order chi connectivity index (χ1) is 26.2. The highest BCUT2D eigenvalue weighted by atomic mass is 16.7. The first-order valence-electron chi connectivity index (χ1n) is 22.1. The molecule has 0 aromatic carbocycles. The minimum absolute atomic E-state index is 0.258.